The number of hydrogen-bond acceptors (Lipinski definition) is 2. The summed E-state index contributed by atoms with van der Waals surface area (Å²) in [6, 6.07) is 1.69. The van der Waals surface area contributed by atoms with Gasteiger partial charge in [-0.05, 0) is 23.8 Å². The predicted octanol–water partition coefficient (Wildman–Crippen LogP) is 4.03. The maximum absolute atomic E-state index is 5.97. The lowest BCUT2D eigenvalue weighted by Crippen LogP contribution is -1.86. The number of pyridine rings is 1. The van der Waals surface area contributed by atoms with Gasteiger partial charge in [-0.25, -0.2) is 4.98 Å². The fourth-order valence-electron chi connectivity index (χ4n) is 0.868. The Balaban J connectivity index is 2.56. The molecular weight excluding hydrogens is 225 g/mol. The molecule has 0 unspecified atom stereocenters. The second-order valence-corrected chi connectivity index (χ2v) is 4.55. The molecule has 0 fully saturated rings. The van der Waals surface area contributed by atoms with Crippen molar-refractivity contribution in [3.8, 4) is 0 Å². The van der Waals surface area contributed by atoms with Gasteiger partial charge < -0.3 is 0 Å². The van der Waals surface area contributed by atoms with Gasteiger partial charge in [-0.3, -0.25) is 0 Å². The fourth-order valence-corrected chi connectivity index (χ4v) is 2.26. The topological polar surface area (TPSA) is 12.9 Å². The van der Waals surface area contributed by atoms with E-state index in [1.807, 2.05) is 11.8 Å². The Kier molecular flexibility index (Phi) is 4.92. The van der Waals surface area contributed by atoms with Gasteiger partial charge in [0.1, 0.15) is 5.15 Å². The van der Waals surface area contributed by atoms with Crippen molar-refractivity contribution >= 4 is 35.0 Å². The molecule has 0 N–H and O–H groups in total. The largest absolute Gasteiger partial charge is 0.244 e. The molecule has 0 aliphatic heterocycles. The highest BCUT2D eigenvalue weighted by Gasteiger charge is 2.01. The summed E-state index contributed by atoms with van der Waals surface area (Å²) in [7, 11) is 0. The molecule has 0 radical (unpaired) electrons. The van der Waals surface area contributed by atoms with E-state index in [4.69, 9.17) is 23.2 Å². The average Bonchev–Trinajstić information content (AvgIpc) is 2.09. The lowest BCUT2D eigenvalue weighted by atomic mass is 10.3. The molecule has 0 amide bonds. The van der Waals surface area contributed by atoms with Gasteiger partial charge in [-0.15, -0.1) is 0 Å². The highest BCUT2D eigenvalue weighted by atomic mass is 35.5. The van der Waals surface area contributed by atoms with Gasteiger partial charge in [0.15, 0.2) is 0 Å². The third kappa shape index (κ3) is 3.75. The van der Waals surface area contributed by atoms with Crippen LogP contribution in [0.3, 0.4) is 0 Å². The number of thioether (sulfide) groups is 1. The van der Waals surface area contributed by atoms with E-state index in [0.29, 0.717) is 10.2 Å². The van der Waals surface area contributed by atoms with Crippen LogP contribution in [0.2, 0.25) is 10.2 Å². The van der Waals surface area contributed by atoms with Gasteiger partial charge in [0.2, 0.25) is 0 Å². The van der Waals surface area contributed by atoms with Crippen molar-refractivity contribution in [2.75, 3.05) is 5.75 Å². The van der Waals surface area contributed by atoms with E-state index in [-0.39, 0.29) is 0 Å². The van der Waals surface area contributed by atoms with E-state index < -0.39 is 0 Å². The minimum absolute atomic E-state index is 0.453. The Labute approximate surface area is 92.8 Å². The Morgan fingerprint density at radius 3 is 2.85 bits per heavy atom. The van der Waals surface area contributed by atoms with Crippen molar-refractivity contribution in [3.63, 3.8) is 0 Å². The number of halogens is 2. The summed E-state index contributed by atoms with van der Waals surface area (Å²) in [4.78, 5) is 3.99. The summed E-state index contributed by atoms with van der Waals surface area (Å²) >= 11 is 13.5. The third-order valence-electron chi connectivity index (χ3n) is 1.50. The van der Waals surface area contributed by atoms with Crippen LogP contribution in [0.1, 0.15) is 18.9 Å². The van der Waals surface area contributed by atoms with Crippen molar-refractivity contribution in [2.45, 2.75) is 19.1 Å². The van der Waals surface area contributed by atoms with Crippen molar-refractivity contribution in [1.82, 2.24) is 4.98 Å². The molecule has 0 aromatic carbocycles. The molecule has 1 nitrogen and oxygen atoms in total. The normalized spacial score (nSPS) is 10.4. The summed E-state index contributed by atoms with van der Waals surface area (Å²) in [5.41, 5.74) is 1.06. The first-order valence-corrected chi connectivity index (χ1v) is 6.02. The Bertz CT molecular complexity index is 278. The maximum atomic E-state index is 5.97. The van der Waals surface area contributed by atoms with Crippen LogP contribution in [0, 0.1) is 0 Å². The van der Waals surface area contributed by atoms with Gasteiger partial charge in [-0.1, -0.05) is 30.1 Å². The zero-order chi connectivity index (χ0) is 9.68. The first-order chi connectivity index (χ1) is 6.24. The van der Waals surface area contributed by atoms with Crippen molar-refractivity contribution in [1.29, 1.82) is 0 Å². The van der Waals surface area contributed by atoms with Crippen molar-refractivity contribution < 1.29 is 0 Å². The second-order valence-electron chi connectivity index (χ2n) is 2.65. The number of aromatic nitrogens is 1. The molecule has 1 aromatic heterocycles. The number of hydrogen-bond donors (Lipinski definition) is 0. The molecule has 1 rings (SSSR count). The van der Waals surface area contributed by atoms with Gasteiger partial charge in [-0.2, -0.15) is 11.8 Å². The van der Waals surface area contributed by atoms with Crippen LogP contribution in [0.4, 0.5) is 0 Å². The van der Waals surface area contributed by atoms with Crippen LogP contribution in [-0.4, -0.2) is 10.7 Å². The van der Waals surface area contributed by atoms with Crippen LogP contribution < -0.4 is 0 Å². The van der Waals surface area contributed by atoms with Crippen molar-refractivity contribution in [3.05, 3.63) is 28.0 Å². The first-order valence-electron chi connectivity index (χ1n) is 4.11. The zero-order valence-electron chi connectivity index (χ0n) is 7.39. The van der Waals surface area contributed by atoms with E-state index in [9.17, 15) is 0 Å². The predicted molar refractivity (Wildman–Crippen MR) is 60.7 cm³/mol. The minimum atomic E-state index is 0.453. The SMILES string of the molecule is CCCSCc1cnc(Cl)cc1Cl. The van der Waals surface area contributed by atoms with E-state index in [1.54, 1.807) is 12.3 Å². The Morgan fingerprint density at radius 2 is 2.23 bits per heavy atom. The Hall–Kier alpha value is 0.0800. The lowest BCUT2D eigenvalue weighted by molar-refractivity contribution is 1.10. The molecular formula is C9H11Cl2NS. The maximum Gasteiger partial charge on any atom is 0.130 e. The van der Waals surface area contributed by atoms with Crippen molar-refractivity contribution in [2.24, 2.45) is 0 Å². The highest BCUT2D eigenvalue weighted by molar-refractivity contribution is 7.98. The fraction of sp³-hybridized carbons (Fsp3) is 0.444. The van der Waals surface area contributed by atoms with Gasteiger partial charge >= 0.3 is 0 Å². The van der Waals surface area contributed by atoms with Gasteiger partial charge in [0.05, 0.1) is 0 Å². The van der Waals surface area contributed by atoms with Gasteiger partial charge in [0.25, 0.3) is 0 Å². The van der Waals surface area contributed by atoms with E-state index in [2.05, 4.69) is 11.9 Å². The number of nitrogens with zero attached hydrogens (tertiary/aromatic N) is 1. The quantitative estimate of drug-likeness (QED) is 0.578. The number of rotatable bonds is 4. The Morgan fingerprint density at radius 1 is 1.46 bits per heavy atom. The van der Waals surface area contributed by atoms with Crippen LogP contribution in [0.15, 0.2) is 12.3 Å². The summed E-state index contributed by atoms with van der Waals surface area (Å²) in [5, 5.41) is 1.16. The lowest BCUT2D eigenvalue weighted by Gasteiger charge is -2.02. The standard InChI is InChI=1S/C9H11Cl2NS/c1-2-3-13-6-7-5-12-9(11)4-8(7)10/h4-5H,2-3,6H2,1H3. The zero-order valence-corrected chi connectivity index (χ0v) is 9.72. The van der Waals surface area contributed by atoms with Crippen LogP contribution in [0.25, 0.3) is 0 Å². The molecule has 13 heavy (non-hydrogen) atoms. The van der Waals surface area contributed by atoms with Crippen LogP contribution in [0.5, 0.6) is 0 Å². The smallest absolute Gasteiger partial charge is 0.130 e. The molecule has 0 bridgehead atoms. The molecule has 1 heterocycles. The molecule has 1 aromatic rings. The summed E-state index contributed by atoms with van der Waals surface area (Å²) < 4.78 is 0. The average molecular weight is 236 g/mol. The first kappa shape index (κ1) is 11.2. The van der Waals surface area contributed by atoms with E-state index >= 15 is 0 Å². The highest BCUT2D eigenvalue weighted by Crippen LogP contribution is 2.22. The molecule has 4 heteroatoms. The van der Waals surface area contributed by atoms with Gasteiger partial charge in [0, 0.05) is 17.0 Å². The summed E-state index contributed by atoms with van der Waals surface area (Å²) in [6.07, 6.45) is 2.93. The van der Waals surface area contributed by atoms with Crippen LogP contribution in [-0.2, 0) is 5.75 Å². The molecule has 72 valence electrons. The molecule has 0 saturated carbocycles. The monoisotopic (exact) mass is 235 g/mol. The summed E-state index contributed by atoms with van der Waals surface area (Å²) in [5.74, 6) is 2.07. The molecule has 0 spiro atoms. The molecule has 0 aliphatic rings. The van der Waals surface area contributed by atoms with E-state index in [0.717, 1.165) is 17.1 Å². The van der Waals surface area contributed by atoms with Crippen LogP contribution >= 0.6 is 35.0 Å². The third-order valence-corrected chi connectivity index (χ3v) is 3.27. The molecule has 0 saturated heterocycles. The summed E-state index contributed by atoms with van der Waals surface area (Å²) in [6.45, 7) is 2.16. The molecule has 0 atom stereocenters. The minimum Gasteiger partial charge on any atom is -0.244 e. The molecule has 0 aliphatic carbocycles. The van der Waals surface area contributed by atoms with E-state index in [1.165, 1.54) is 6.42 Å². The second kappa shape index (κ2) is 5.74.